The molecule has 0 spiro atoms. The summed E-state index contributed by atoms with van der Waals surface area (Å²) in [7, 11) is 0. The van der Waals surface area contributed by atoms with E-state index >= 15 is 0 Å². The van der Waals surface area contributed by atoms with Gasteiger partial charge in [-0.05, 0) is 24.0 Å². The zero-order chi connectivity index (χ0) is 19.4. The van der Waals surface area contributed by atoms with Gasteiger partial charge in [-0.3, -0.25) is 9.59 Å². The molecule has 2 rings (SSSR count). The van der Waals surface area contributed by atoms with Crippen molar-refractivity contribution in [2.24, 2.45) is 11.8 Å². The molecule has 2 aromatic rings. The van der Waals surface area contributed by atoms with Crippen LogP contribution in [0.1, 0.15) is 40.2 Å². The zero-order valence-electron chi connectivity index (χ0n) is 15.3. The van der Waals surface area contributed by atoms with Gasteiger partial charge in [0.25, 0.3) is 5.56 Å². The molecule has 8 heteroatoms. The number of benzene rings is 1. The maximum atomic E-state index is 12.8. The fourth-order valence-corrected chi connectivity index (χ4v) is 2.75. The van der Waals surface area contributed by atoms with Crippen LogP contribution in [0.2, 0.25) is 0 Å². The molecule has 1 aromatic heterocycles. The Labute approximate surface area is 151 Å². The van der Waals surface area contributed by atoms with Crippen molar-refractivity contribution < 1.29 is 14.7 Å². The molecule has 0 saturated heterocycles. The number of amides is 1. The van der Waals surface area contributed by atoms with Gasteiger partial charge in [0.2, 0.25) is 5.91 Å². The van der Waals surface area contributed by atoms with Crippen LogP contribution >= 0.6 is 0 Å². The van der Waals surface area contributed by atoms with E-state index in [0.29, 0.717) is 17.3 Å². The second kappa shape index (κ2) is 8.07. The van der Waals surface area contributed by atoms with Gasteiger partial charge in [0.05, 0.1) is 17.4 Å². The lowest BCUT2D eigenvalue weighted by Gasteiger charge is -2.28. The van der Waals surface area contributed by atoms with E-state index in [1.807, 2.05) is 6.92 Å². The van der Waals surface area contributed by atoms with E-state index in [0.717, 1.165) is 4.68 Å². The Balaban J connectivity index is 2.48. The number of rotatable bonds is 7. The monoisotopic (exact) mass is 359 g/mol. The van der Waals surface area contributed by atoms with E-state index in [1.165, 1.54) is 0 Å². The molecular formula is C18H23N4O4-. The Hall–Kier alpha value is -2.77. The highest BCUT2D eigenvalue weighted by atomic mass is 16.4. The van der Waals surface area contributed by atoms with Crippen LogP contribution in [0.3, 0.4) is 0 Å². The summed E-state index contributed by atoms with van der Waals surface area (Å²) in [6, 6.07) is 4.61. The predicted octanol–water partition coefficient (Wildman–Crippen LogP) is 0.269. The minimum atomic E-state index is -1.37. The number of carbonyl (C=O) groups excluding carboxylic acids is 2. The van der Waals surface area contributed by atoms with Gasteiger partial charge in [-0.15, -0.1) is 5.10 Å². The molecule has 0 aliphatic rings. The number of carbonyl (C=O) groups is 2. The number of nitrogens with one attached hydrogen (secondary N) is 1. The van der Waals surface area contributed by atoms with E-state index in [-0.39, 0.29) is 11.8 Å². The van der Waals surface area contributed by atoms with Gasteiger partial charge in [-0.1, -0.05) is 51.5 Å². The largest absolute Gasteiger partial charge is 0.548 e. The number of hydrogen-bond donors (Lipinski definition) is 1. The van der Waals surface area contributed by atoms with Crippen LogP contribution in [-0.2, 0) is 9.59 Å². The van der Waals surface area contributed by atoms with Crippen molar-refractivity contribution in [3.05, 3.63) is 34.6 Å². The third kappa shape index (κ3) is 3.89. The molecule has 26 heavy (non-hydrogen) atoms. The van der Waals surface area contributed by atoms with Gasteiger partial charge < -0.3 is 15.2 Å². The summed E-state index contributed by atoms with van der Waals surface area (Å²) < 4.78 is 1.04. The molecule has 1 heterocycles. The molecule has 0 saturated carbocycles. The number of nitrogens with zero attached hydrogens (tertiary/aromatic N) is 3. The molecule has 3 atom stereocenters. The van der Waals surface area contributed by atoms with Gasteiger partial charge in [-0.2, -0.15) is 4.68 Å². The minimum absolute atomic E-state index is 0.252. The predicted molar refractivity (Wildman–Crippen MR) is 94.1 cm³/mol. The summed E-state index contributed by atoms with van der Waals surface area (Å²) in [4.78, 5) is 36.9. The highest BCUT2D eigenvalue weighted by molar-refractivity contribution is 5.86. The average Bonchev–Trinajstić information content (AvgIpc) is 2.61. The van der Waals surface area contributed by atoms with E-state index in [1.54, 1.807) is 45.0 Å². The van der Waals surface area contributed by atoms with E-state index < -0.39 is 29.5 Å². The Morgan fingerprint density at radius 2 is 1.88 bits per heavy atom. The lowest BCUT2D eigenvalue weighted by molar-refractivity contribution is -0.309. The summed E-state index contributed by atoms with van der Waals surface area (Å²) in [5.74, 6) is -2.57. The molecule has 0 bridgehead atoms. The fraction of sp³-hybridized carbons (Fsp3) is 0.500. The lowest BCUT2D eigenvalue weighted by Crippen LogP contribution is -2.54. The molecule has 0 fully saturated rings. The van der Waals surface area contributed by atoms with Crippen LogP contribution in [0, 0.1) is 11.8 Å². The van der Waals surface area contributed by atoms with Crippen molar-refractivity contribution in [1.29, 1.82) is 0 Å². The van der Waals surface area contributed by atoms with Crippen LogP contribution in [0.15, 0.2) is 29.1 Å². The first-order chi connectivity index (χ1) is 12.3. The van der Waals surface area contributed by atoms with Crippen molar-refractivity contribution in [2.75, 3.05) is 0 Å². The number of aromatic nitrogens is 3. The standard InChI is InChI=1S/C18H24N4O4/c1-5-11(4)15(16(23)19-14(10(2)3)18(25)26)22-17(24)12-8-6-7-9-13(12)20-21-22/h6-11,14-15H,5H2,1-4H3,(H,19,23)(H,25,26)/p-1/t11-,14-,15-/m0/s1. The number of fused-ring (bicyclic) bond motifs is 1. The first kappa shape index (κ1) is 19.6. The molecule has 8 nitrogen and oxygen atoms in total. The molecule has 0 unspecified atom stereocenters. The summed E-state index contributed by atoms with van der Waals surface area (Å²) in [5, 5.41) is 22.1. The Morgan fingerprint density at radius 1 is 1.23 bits per heavy atom. The second-order valence-corrected chi connectivity index (χ2v) is 6.74. The highest BCUT2D eigenvalue weighted by Gasteiger charge is 2.31. The van der Waals surface area contributed by atoms with Crippen LogP contribution in [0.5, 0.6) is 0 Å². The third-order valence-electron chi connectivity index (χ3n) is 4.52. The number of carboxylic acids is 1. The Bertz CT molecular complexity index is 862. The first-order valence-corrected chi connectivity index (χ1v) is 8.63. The van der Waals surface area contributed by atoms with Crippen LogP contribution in [-0.4, -0.2) is 32.9 Å². The van der Waals surface area contributed by atoms with Gasteiger partial charge >= 0.3 is 0 Å². The minimum Gasteiger partial charge on any atom is -0.548 e. The summed E-state index contributed by atoms with van der Waals surface area (Å²) in [6.45, 7) is 7.02. The normalized spacial score (nSPS) is 14.8. The average molecular weight is 359 g/mol. The molecule has 1 amide bonds. The highest BCUT2D eigenvalue weighted by Crippen LogP contribution is 2.20. The van der Waals surface area contributed by atoms with Crippen LogP contribution < -0.4 is 16.0 Å². The number of carboxylic acid groups (broad SMARTS) is 1. The lowest BCUT2D eigenvalue weighted by atomic mass is 9.97. The van der Waals surface area contributed by atoms with Crippen LogP contribution in [0.25, 0.3) is 10.9 Å². The Kier molecular flexibility index (Phi) is 6.07. The summed E-state index contributed by atoms with van der Waals surface area (Å²) >= 11 is 0. The second-order valence-electron chi connectivity index (χ2n) is 6.74. The van der Waals surface area contributed by atoms with E-state index in [2.05, 4.69) is 15.6 Å². The van der Waals surface area contributed by atoms with Crippen molar-refractivity contribution >= 4 is 22.8 Å². The SMILES string of the molecule is CC[C@H](C)[C@@H](C(=O)N[C@H](C(=O)[O-])C(C)C)n1nnc2ccccc2c1=O. The molecule has 1 aromatic carbocycles. The summed E-state index contributed by atoms with van der Waals surface area (Å²) in [5.41, 5.74) is -0.00236. The van der Waals surface area contributed by atoms with Gasteiger partial charge in [0.1, 0.15) is 11.6 Å². The maximum absolute atomic E-state index is 12.8. The third-order valence-corrected chi connectivity index (χ3v) is 4.52. The number of aliphatic carboxylic acids is 1. The maximum Gasteiger partial charge on any atom is 0.278 e. The van der Waals surface area contributed by atoms with Gasteiger partial charge in [0.15, 0.2) is 0 Å². The molecule has 1 N–H and O–H groups in total. The molecule has 140 valence electrons. The topological polar surface area (TPSA) is 117 Å². The van der Waals surface area contributed by atoms with Crippen molar-refractivity contribution in [3.8, 4) is 0 Å². The van der Waals surface area contributed by atoms with Crippen LogP contribution in [0.4, 0.5) is 0 Å². The fourth-order valence-electron chi connectivity index (χ4n) is 2.75. The zero-order valence-corrected chi connectivity index (χ0v) is 15.3. The van der Waals surface area contributed by atoms with Gasteiger partial charge in [0, 0.05) is 0 Å². The Morgan fingerprint density at radius 3 is 2.46 bits per heavy atom. The first-order valence-electron chi connectivity index (χ1n) is 8.63. The molecule has 0 aliphatic carbocycles. The van der Waals surface area contributed by atoms with Crippen molar-refractivity contribution in [2.45, 2.75) is 46.2 Å². The van der Waals surface area contributed by atoms with Crippen molar-refractivity contribution in [1.82, 2.24) is 20.3 Å². The van der Waals surface area contributed by atoms with E-state index in [9.17, 15) is 19.5 Å². The quantitative estimate of drug-likeness (QED) is 0.758. The van der Waals surface area contributed by atoms with E-state index in [4.69, 9.17) is 0 Å². The molecule has 0 aliphatic heterocycles. The van der Waals surface area contributed by atoms with Crippen molar-refractivity contribution in [3.63, 3.8) is 0 Å². The molecular weight excluding hydrogens is 336 g/mol. The summed E-state index contributed by atoms with van der Waals surface area (Å²) in [6.07, 6.45) is 0.594. The van der Waals surface area contributed by atoms with Gasteiger partial charge in [-0.25, -0.2) is 0 Å². The smallest absolute Gasteiger partial charge is 0.278 e. The molecule has 0 radical (unpaired) electrons. The number of hydrogen-bond acceptors (Lipinski definition) is 6.